The van der Waals surface area contributed by atoms with Crippen LogP contribution in [0.25, 0.3) is 0 Å². The maximum Gasteiger partial charge on any atom is 0.320 e. The van der Waals surface area contributed by atoms with E-state index in [-0.39, 0.29) is 12.1 Å². The lowest BCUT2D eigenvalue weighted by molar-refractivity contribution is -0.139. The molecule has 0 amide bonds. The lowest BCUT2D eigenvalue weighted by Crippen LogP contribution is -2.34. The summed E-state index contributed by atoms with van der Waals surface area (Å²) < 4.78 is 69.0. The van der Waals surface area contributed by atoms with Crippen molar-refractivity contribution >= 4 is 31.9 Å². The van der Waals surface area contributed by atoms with Crippen LogP contribution in [0.5, 0.6) is 0 Å². The Hall–Kier alpha value is -1.13. The molecular formula is C10H9BrF3NO4S. The first-order valence-electron chi connectivity index (χ1n) is 5.05. The molecule has 1 atom stereocenters. The minimum absolute atomic E-state index is 0.240. The van der Waals surface area contributed by atoms with Crippen molar-refractivity contribution in [2.24, 2.45) is 0 Å². The predicted octanol–water partition coefficient (Wildman–Crippen LogP) is 1.32. The first kappa shape index (κ1) is 16.9. The van der Waals surface area contributed by atoms with E-state index in [1.807, 2.05) is 4.72 Å². The third kappa shape index (κ3) is 3.93. The lowest BCUT2D eigenvalue weighted by Gasteiger charge is -2.11. The minimum atomic E-state index is -4.58. The number of sulfonamides is 1. The van der Waals surface area contributed by atoms with Crippen LogP contribution in [-0.2, 0) is 19.6 Å². The van der Waals surface area contributed by atoms with Gasteiger partial charge in [0, 0.05) is 18.7 Å². The normalized spacial score (nSPS) is 13.1. The molecule has 1 aromatic rings. The molecule has 112 valence electrons. The molecule has 5 nitrogen and oxygen atoms in total. The van der Waals surface area contributed by atoms with Crippen LogP contribution in [0.1, 0.15) is 0 Å². The third-order valence-electron chi connectivity index (χ3n) is 2.14. The zero-order valence-electron chi connectivity index (χ0n) is 9.99. The first-order chi connectivity index (χ1) is 9.19. The van der Waals surface area contributed by atoms with Gasteiger partial charge in [-0.3, -0.25) is 4.79 Å². The van der Waals surface area contributed by atoms with Crippen molar-refractivity contribution in [2.75, 3.05) is 13.7 Å². The van der Waals surface area contributed by atoms with Gasteiger partial charge >= 0.3 is 5.97 Å². The average molecular weight is 376 g/mol. The van der Waals surface area contributed by atoms with Gasteiger partial charge in [0.25, 0.3) is 0 Å². The molecule has 20 heavy (non-hydrogen) atoms. The van der Waals surface area contributed by atoms with Crippen molar-refractivity contribution in [2.45, 2.75) is 9.72 Å². The van der Waals surface area contributed by atoms with E-state index in [0.29, 0.717) is 0 Å². The van der Waals surface area contributed by atoms with E-state index in [9.17, 15) is 26.4 Å². The molecule has 0 bridgehead atoms. The molecule has 1 N–H and O–H groups in total. The Morgan fingerprint density at radius 1 is 1.35 bits per heavy atom. The number of esters is 1. The summed E-state index contributed by atoms with van der Waals surface area (Å²) in [4.78, 5) is 8.69. The van der Waals surface area contributed by atoms with Gasteiger partial charge in [0.15, 0.2) is 4.90 Å². The van der Waals surface area contributed by atoms with E-state index in [0.717, 1.165) is 7.11 Å². The predicted molar refractivity (Wildman–Crippen MR) is 66.2 cm³/mol. The van der Waals surface area contributed by atoms with Crippen molar-refractivity contribution in [3.8, 4) is 0 Å². The maximum atomic E-state index is 13.4. The van der Waals surface area contributed by atoms with Crippen LogP contribution in [0.2, 0.25) is 0 Å². The van der Waals surface area contributed by atoms with Gasteiger partial charge in [0.2, 0.25) is 10.0 Å². The van der Waals surface area contributed by atoms with Gasteiger partial charge in [-0.1, -0.05) is 15.9 Å². The fourth-order valence-corrected chi connectivity index (χ4v) is 2.98. The summed E-state index contributed by atoms with van der Waals surface area (Å²) in [5.41, 5.74) is 0. The minimum Gasteiger partial charge on any atom is -0.468 e. The molecule has 1 aromatic carbocycles. The van der Waals surface area contributed by atoms with Crippen LogP contribution in [0, 0.1) is 17.5 Å². The number of methoxy groups -OCH3 is 1. The van der Waals surface area contributed by atoms with Crippen molar-refractivity contribution in [1.29, 1.82) is 0 Å². The fraction of sp³-hybridized carbons (Fsp3) is 0.300. The summed E-state index contributed by atoms with van der Waals surface area (Å²) in [7, 11) is -3.49. The Kier molecular flexibility index (Phi) is 5.54. The molecule has 0 radical (unpaired) electrons. The monoisotopic (exact) mass is 375 g/mol. The molecule has 0 aromatic heterocycles. The van der Waals surface area contributed by atoms with Gasteiger partial charge in [0.1, 0.15) is 22.3 Å². The zero-order chi connectivity index (χ0) is 15.5. The van der Waals surface area contributed by atoms with E-state index in [1.165, 1.54) is 0 Å². The van der Waals surface area contributed by atoms with Crippen LogP contribution in [0.4, 0.5) is 13.2 Å². The van der Waals surface area contributed by atoms with Crippen LogP contribution in [0.15, 0.2) is 17.0 Å². The molecule has 0 aliphatic carbocycles. The lowest BCUT2D eigenvalue weighted by atomic mass is 10.3. The molecule has 0 saturated heterocycles. The molecule has 0 aliphatic heterocycles. The number of hydrogen-bond acceptors (Lipinski definition) is 4. The Morgan fingerprint density at radius 2 is 1.85 bits per heavy atom. The quantitative estimate of drug-likeness (QED) is 0.622. The second kappa shape index (κ2) is 6.55. The van der Waals surface area contributed by atoms with Gasteiger partial charge in [-0.05, 0) is 0 Å². The molecule has 0 heterocycles. The highest BCUT2D eigenvalue weighted by Gasteiger charge is 2.27. The first-order valence-corrected chi connectivity index (χ1v) is 7.45. The van der Waals surface area contributed by atoms with Crippen molar-refractivity contribution in [3.05, 3.63) is 29.6 Å². The number of carbonyl (C=O) groups excluding carboxylic acids is 1. The highest BCUT2D eigenvalue weighted by Crippen LogP contribution is 2.20. The van der Waals surface area contributed by atoms with Gasteiger partial charge in [-0.2, -0.15) is 0 Å². The summed E-state index contributed by atoms with van der Waals surface area (Å²) in [6, 6.07) is 0.479. The van der Waals surface area contributed by atoms with E-state index in [4.69, 9.17) is 0 Å². The van der Waals surface area contributed by atoms with Crippen molar-refractivity contribution in [3.63, 3.8) is 0 Å². The largest absolute Gasteiger partial charge is 0.468 e. The number of hydrogen-bond donors (Lipinski definition) is 1. The summed E-state index contributed by atoms with van der Waals surface area (Å²) in [5, 5.41) is 0. The average Bonchev–Trinajstić information content (AvgIpc) is 2.33. The fourth-order valence-electron chi connectivity index (χ4n) is 1.25. The summed E-state index contributed by atoms with van der Waals surface area (Å²) in [6.45, 7) is -0.495. The van der Waals surface area contributed by atoms with E-state index in [1.54, 1.807) is 0 Å². The maximum absolute atomic E-state index is 13.4. The number of nitrogens with one attached hydrogen (secondary N) is 1. The van der Waals surface area contributed by atoms with E-state index >= 15 is 0 Å². The van der Waals surface area contributed by atoms with E-state index < -0.39 is 49.7 Å². The smallest absolute Gasteiger partial charge is 0.320 e. The topological polar surface area (TPSA) is 72.5 Å². The molecule has 0 aliphatic rings. The molecule has 1 rings (SSSR count). The summed E-state index contributed by atoms with van der Waals surface area (Å²) in [6.07, 6.45) is 0. The number of benzene rings is 1. The second-order valence-corrected chi connectivity index (χ2v) is 6.35. The van der Waals surface area contributed by atoms with Gasteiger partial charge < -0.3 is 4.74 Å². The van der Waals surface area contributed by atoms with E-state index in [2.05, 4.69) is 20.7 Å². The highest BCUT2D eigenvalue weighted by molar-refractivity contribution is 9.10. The van der Waals surface area contributed by atoms with Gasteiger partial charge in [-0.15, -0.1) is 0 Å². The van der Waals surface area contributed by atoms with Crippen LogP contribution < -0.4 is 4.72 Å². The Morgan fingerprint density at radius 3 is 2.30 bits per heavy atom. The Bertz CT molecular complexity index is 600. The van der Waals surface area contributed by atoms with Crippen molar-refractivity contribution in [1.82, 2.24) is 4.72 Å². The number of alkyl halides is 1. The molecule has 10 heteroatoms. The number of carbonyl (C=O) groups is 1. The summed E-state index contributed by atoms with van der Waals surface area (Å²) >= 11 is 2.83. The number of rotatable bonds is 5. The highest BCUT2D eigenvalue weighted by atomic mass is 79.9. The van der Waals surface area contributed by atoms with Gasteiger partial charge in [-0.25, -0.2) is 26.3 Å². The number of ether oxygens (including phenoxy) is 1. The third-order valence-corrected chi connectivity index (χ3v) is 4.31. The standard InChI is InChI=1S/C10H9BrF3NO4S/c1-19-10(16)6(11)4-15-20(17,18)9-7(13)2-5(12)3-8(9)14/h2-3,6,15H,4H2,1H3. The van der Waals surface area contributed by atoms with Crippen LogP contribution >= 0.6 is 15.9 Å². The zero-order valence-corrected chi connectivity index (χ0v) is 12.4. The molecule has 1 unspecified atom stereocenters. The molecule has 0 fully saturated rings. The second-order valence-electron chi connectivity index (χ2n) is 3.54. The van der Waals surface area contributed by atoms with Crippen molar-refractivity contribution < 1.29 is 31.1 Å². The molecule has 0 spiro atoms. The van der Waals surface area contributed by atoms with Crippen LogP contribution in [0.3, 0.4) is 0 Å². The SMILES string of the molecule is COC(=O)C(Br)CNS(=O)(=O)c1c(F)cc(F)cc1F. The Labute approximate surface area is 121 Å². The number of halogens is 4. The summed E-state index contributed by atoms with van der Waals surface area (Å²) in [5.74, 6) is -5.15. The Balaban J connectivity index is 2.98. The van der Waals surface area contributed by atoms with Crippen LogP contribution in [-0.4, -0.2) is 32.9 Å². The molecule has 0 saturated carbocycles. The van der Waals surface area contributed by atoms with Gasteiger partial charge in [0.05, 0.1) is 7.11 Å². The molecular weight excluding hydrogens is 367 g/mol.